The number of likely N-dealkylation sites (tertiary alicyclic amines) is 2. The number of aromatic nitrogens is 5. The quantitative estimate of drug-likeness (QED) is 0.622. The van der Waals surface area contributed by atoms with E-state index in [1.165, 1.54) is 0 Å². The summed E-state index contributed by atoms with van der Waals surface area (Å²) in [7, 11) is 0. The minimum atomic E-state index is -0.454. The number of amides is 2. The number of rotatable bonds is 5. The van der Waals surface area contributed by atoms with E-state index in [9.17, 15) is 9.59 Å². The van der Waals surface area contributed by atoms with Crippen molar-refractivity contribution < 1.29 is 9.59 Å². The van der Waals surface area contributed by atoms with Crippen molar-refractivity contribution in [3.63, 3.8) is 0 Å². The topological polar surface area (TPSA) is 97.1 Å². The van der Waals surface area contributed by atoms with Crippen molar-refractivity contribution in [3.05, 3.63) is 71.8 Å². The Morgan fingerprint density at radius 3 is 2.61 bits per heavy atom. The van der Waals surface area contributed by atoms with Crippen molar-refractivity contribution in [2.75, 3.05) is 19.6 Å². The molecule has 0 bridgehead atoms. The summed E-state index contributed by atoms with van der Waals surface area (Å²) in [6.45, 7) is 2.88. The SMILES string of the molecule is O=C(c1ccc(Cn2cnnn2)cc1)N1CCC2(CCN(Cc3ccccn3)C2=O)C1. The van der Waals surface area contributed by atoms with Gasteiger partial charge in [-0.15, -0.1) is 5.10 Å². The molecule has 2 fully saturated rings. The monoisotopic (exact) mass is 417 g/mol. The number of hydrogen-bond donors (Lipinski definition) is 0. The first-order valence-electron chi connectivity index (χ1n) is 10.4. The molecule has 0 aliphatic carbocycles. The minimum absolute atomic E-state index is 0.0261. The largest absolute Gasteiger partial charge is 0.338 e. The molecular formula is C22H23N7O2. The van der Waals surface area contributed by atoms with Gasteiger partial charge in [0.05, 0.1) is 24.2 Å². The Balaban J connectivity index is 1.23. The molecule has 2 saturated heterocycles. The van der Waals surface area contributed by atoms with Crippen LogP contribution in [0.4, 0.5) is 0 Å². The van der Waals surface area contributed by atoms with Gasteiger partial charge in [0, 0.05) is 31.4 Å². The van der Waals surface area contributed by atoms with Gasteiger partial charge >= 0.3 is 0 Å². The molecule has 2 amide bonds. The molecule has 4 heterocycles. The molecule has 1 spiro atoms. The first-order chi connectivity index (χ1) is 15.1. The van der Waals surface area contributed by atoms with Crippen LogP contribution in [0.5, 0.6) is 0 Å². The maximum Gasteiger partial charge on any atom is 0.253 e. The summed E-state index contributed by atoms with van der Waals surface area (Å²) >= 11 is 0. The van der Waals surface area contributed by atoms with Crippen LogP contribution in [0.15, 0.2) is 55.0 Å². The zero-order valence-corrected chi connectivity index (χ0v) is 17.1. The summed E-state index contributed by atoms with van der Waals surface area (Å²) < 4.78 is 1.63. The van der Waals surface area contributed by atoms with E-state index >= 15 is 0 Å². The second kappa shape index (κ2) is 7.90. The molecule has 9 nitrogen and oxygen atoms in total. The third-order valence-electron chi connectivity index (χ3n) is 6.26. The van der Waals surface area contributed by atoms with Gasteiger partial charge in [-0.25, -0.2) is 4.68 Å². The van der Waals surface area contributed by atoms with Gasteiger partial charge in [-0.3, -0.25) is 14.6 Å². The number of carbonyl (C=O) groups excluding carboxylic acids is 2. The van der Waals surface area contributed by atoms with E-state index in [0.717, 1.165) is 17.7 Å². The van der Waals surface area contributed by atoms with Crippen molar-refractivity contribution in [2.24, 2.45) is 5.41 Å². The fourth-order valence-electron chi connectivity index (χ4n) is 4.53. The van der Waals surface area contributed by atoms with Gasteiger partial charge < -0.3 is 9.80 Å². The van der Waals surface area contributed by atoms with Gasteiger partial charge in [0.2, 0.25) is 5.91 Å². The van der Waals surface area contributed by atoms with E-state index in [1.807, 2.05) is 52.3 Å². The molecule has 158 valence electrons. The van der Waals surface area contributed by atoms with Crippen molar-refractivity contribution in [1.82, 2.24) is 35.0 Å². The zero-order chi connectivity index (χ0) is 21.3. The second-order valence-electron chi connectivity index (χ2n) is 8.26. The maximum atomic E-state index is 13.2. The number of benzene rings is 1. The molecule has 31 heavy (non-hydrogen) atoms. The lowest BCUT2D eigenvalue weighted by molar-refractivity contribution is -0.135. The van der Waals surface area contributed by atoms with Crippen LogP contribution in [0.25, 0.3) is 0 Å². The standard InChI is InChI=1S/C22H23N7O2/c30-20(18-6-4-17(5-7-18)13-29-16-24-25-26-29)28-12-9-22(15-28)8-11-27(21(22)31)14-19-3-1-2-10-23-19/h1-7,10,16H,8-9,11-15H2. The number of carbonyl (C=O) groups is 2. The Kier molecular flexibility index (Phi) is 4.93. The van der Waals surface area contributed by atoms with Gasteiger partial charge in [0.25, 0.3) is 5.91 Å². The van der Waals surface area contributed by atoms with Gasteiger partial charge in [-0.05, 0) is 53.1 Å². The third-order valence-corrected chi connectivity index (χ3v) is 6.26. The van der Waals surface area contributed by atoms with Crippen LogP contribution in [0, 0.1) is 5.41 Å². The molecular weight excluding hydrogens is 394 g/mol. The minimum Gasteiger partial charge on any atom is -0.338 e. The van der Waals surface area contributed by atoms with Gasteiger partial charge in [0.15, 0.2) is 0 Å². The molecule has 2 aromatic heterocycles. The highest BCUT2D eigenvalue weighted by molar-refractivity contribution is 5.95. The first kappa shape index (κ1) is 19.3. The van der Waals surface area contributed by atoms with E-state index in [-0.39, 0.29) is 11.8 Å². The lowest BCUT2D eigenvalue weighted by Crippen LogP contribution is -2.38. The molecule has 0 N–H and O–H groups in total. The number of pyridine rings is 1. The molecule has 1 atom stereocenters. The lowest BCUT2D eigenvalue weighted by atomic mass is 9.85. The van der Waals surface area contributed by atoms with Crippen LogP contribution in [-0.2, 0) is 17.9 Å². The Bertz CT molecular complexity index is 1070. The van der Waals surface area contributed by atoms with Crippen LogP contribution in [0.2, 0.25) is 0 Å². The maximum absolute atomic E-state index is 13.2. The van der Waals surface area contributed by atoms with Crippen molar-refractivity contribution in [1.29, 1.82) is 0 Å². The predicted molar refractivity (Wildman–Crippen MR) is 111 cm³/mol. The molecule has 9 heteroatoms. The molecule has 0 saturated carbocycles. The Morgan fingerprint density at radius 2 is 1.87 bits per heavy atom. The average Bonchev–Trinajstić information content (AvgIpc) is 3.53. The number of nitrogens with zero attached hydrogens (tertiary/aromatic N) is 7. The van der Waals surface area contributed by atoms with Crippen LogP contribution in [0.1, 0.15) is 34.5 Å². The Hall–Kier alpha value is -3.62. The molecule has 1 aromatic carbocycles. The van der Waals surface area contributed by atoms with Crippen LogP contribution in [0.3, 0.4) is 0 Å². The fourth-order valence-corrected chi connectivity index (χ4v) is 4.53. The second-order valence-corrected chi connectivity index (χ2v) is 8.26. The van der Waals surface area contributed by atoms with Crippen LogP contribution >= 0.6 is 0 Å². The van der Waals surface area contributed by atoms with Crippen LogP contribution in [-0.4, -0.2) is 66.4 Å². The molecule has 2 aliphatic heterocycles. The lowest BCUT2D eigenvalue weighted by Gasteiger charge is -2.23. The highest BCUT2D eigenvalue weighted by Crippen LogP contribution is 2.41. The Morgan fingerprint density at radius 1 is 1.03 bits per heavy atom. The summed E-state index contributed by atoms with van der Waals surface area (Å²) in [5.74, 6) is 0.118. The summed E-state index contributed by atoms with van der Waals surface area (Å²) in [6.07, 6.45) is 4.80. The molecule has 5 rings (SSSR count). The van der Waals surface area contributed by atoms with Crippen molar-refractivity contribution in [2.45, 2.75) is 25.9 Å². The zero-order valence-electron chi connectivity index (χ0n) is 17.1. The van der Waals surface area contributed by atoms with Gasteiger partial charge in [-0.2, -0.15) is 0 Å². The normalized spacial score (nSPS) is 20.7. The van der Waals surface area contributed by atoms with Crippen LogP contribution < -0.4 is 0 Å². The third kappa shape index (κ3) is 3.78. The van der Waals surface area contributed by atoms with E-state index < -0.39 is 5.41 Å². The van der Waals surface area contributed by atoms with E-state index in [0.29, 0.717) is 44.7 Å². The average molecular weight is 417 g/mol. The summed E-state index contributed by atoms with van der Waals surface area (Å²) in [5, 5.41) is 11.1. The molecule has 3 aromatic rings. The van der Waals surface area contributed by atoms with Crippen molar-refractivity contribution in [3.8, 4) is 0 Å². The first-order valence-corrected chi connectivity index (χ1v) is 10.4. The van der Waals surface area contributed by atoms with Crippen molar-refractivity contribution >= 4 is 11.8 Å². The smallest absolute Gasteiger partial charge is 0.253 e. The summed E-state index contributed by atoms with van der Waals surface area (Å²) in [6, 6.07) is 13.2. The molecule has 0 radical (unpaired) electrons. The Labute approximate surface area is 179 Å². The highest BCUT2D eigenvalue weighted by Gasteiger charge is 2.51. The van der Waals surface area contributed by atoms with E-state index in [4.69, 9.17) is 0 Å². The summed E-state index contributed by atoms with van der Waals surface area (Å²) in [4.78, 5) is 34.3. The highest BCUT2D eigenvalue weighted by atomic mass is 16.2. The molecule has 1 unspecified atom stereocenters. The summed E-state index contributed by atoms with van der Waals surface area (Å²) in [5.41, 5.74) is 2.08. The predicted octanol–water partition coefficient (Wildman–Crippen LogP) is 1.38. The van der Waals surface area contributed by atoms with E-state index in [1.54, 1.807) is 17.2 Å². The van der Waals surface area contributed by atoms with Gasteiger partial charge in [0.1, 0.15) is 6.33 Å². The fraction of sp³-hybridized carbons (Fsp3) is 0.364. The van der Waals surface area contributed by atoms with Gasteiger partial charge in [-0.1, -0.05) is 18.2 Å². The number of hydrogen-bond acceptors (Lipinski definition) is 6. The van der Waals surface area contributed by atoms with E-state index in [2.05, 4.69) is 20.5 Å². The molecule has 2 aliphatic rings. The number of tetrazole rings is 1.